The van der Waals surface area contributed by atoms with Crippen molar-refractivity contribution in [1.29, 1.82) is 0 Å². The van der Waals surface area contributed by atoms with Crippen LogP contribution >= 0.6 is 0 Å². The van der Waals surface area contributed by atoms with Crippen LogP contribution in [0.25, 0.3) is 0 Å². The molecule has 4 N–H and O–H groups in total. The van der Waals surface area contributed by atoms with Gasteiger partial charge in [0.25, 0.3) is 0 Å². The summed E-state index contributed by atoms with van der Waals surface area (Å²) in [6, 6.07) is 7.14. The predicted octanol–water partition coefficient (Wildman–Crippen LogP) is 2.33. The number of carbonyl (C=O) groups excluding carboxylic acids is 1. The van der Waals surface area contributed by atoms with Crippen LogP contribution in [-0.4, -0.2) is 25.7 Å². The number of rotatable bonds is 5. The zero-order valence-corrected chi connectivity index (χ0v) is 11.9. The summed E-state index contributed by atoms with van der Waals surface area (Å²) in [7, 11) is 1.60. The summed E-state index contributed by atoms with van der Waals surface area (Å²) >= 11 is 0. The Kier molecular flexibility index (Phi) is 5.24. The highest BCUT2D eigenvalue weighted by Crippen LogP contribution is 2.27. The van der Waals surface area contributed by atoms with Crippen LogP contribution < -0.4 is 21.1 Å². The summed E-state index contributed by atoms with van der Waals surface area (Å²) in [5, 5.41) is 5.80. The topological polar surface area (TPSA) is 76.4 Å². The molecule has 20 heavy (non-hydrogen) atoms. The summed E-state index contributed by atoms with van der Waals surface area (Å²) < 4.78 is 5.13. The molecule has 0 spiro atoms. The Balaban J connectivity index is 1.90. The minimum atomic E-state index is -0.208. The summed E-state index contributed by atoms with van der Waals surface area (Å²) in [6.45, 7) is 0.482. The van der Waals surface area contributed by atoms with Gasteiger partial charge >= 0.3 is 6.03 Å². The van der Waals surface area contributed by atoms with Crippen LogP contribution in [0.4, 0.5) is 10.5 Å². The quantitative estimate of drug-likeness (QED) is 0.773. The number of amides is 2. The fourth-order valence-corrected chi connectivity index (χ4v) is 2.77. The molecule has 0 radical (unpaired) electrons. The van der Waals surface area contributed by atoms with E-state index in [9.17, 15) is 4.79 Å². The third-order valence-electron chi connectivity index (χ3n) is 3.87. The van der Waals surface area contributed by atoms with Gasteiger partial charge in [-0.1, -0.05) is 18.9 Å². The van der Waals surface area contributed by atoms with Crippen molar-refractivity contribution in [3.63, 3.8) is 0 Å². The van der Waals surface area contributed by atoms with Gasteiger partial charge in [-0.25, -0.2) is 4.79 Å². The molecule has 2 rings (SSSR count). The molecule has 0 heterocycles. The van der Waals surface area contributed by atoms with Crippen molar-refractivity contribution >= 4 is 11.7 Å². The monoisotopic (exact) mass is 277 g/mol. The molecule has 1 unspecified atom stereocenters. The minimum Gasteiger partial charge on any atom is -0.497 e. The Labute approximate surface area is 119 Å². The van der Waals surface area contributed by atoms with E-state index in [0.29, 0.717) is 23.9 Å². The highest BCUT2D eigenvalue weighted by Gasteiger charge is 2.25. The number of hydrogen-bond acceptors (Lipinski definition) is 3. The molecule has 5 nitrogen and oxygen atoms in total. The number of hydrogen-bond donors (Lipinski definition) is 3. The van der Waals surface area contributed by atoms with E-state index < -0.39 is 0 Å². The molecule has 0 saturated heterocycles. The maximum Gasteiger partial charge on any atom is 0.319 e. The molecule has 1 aliphatic carbocycles. The van der Waals surface area contributed by atoms with E-state index in [1.807, 2.05) is 18.2 Å². The maximum absolute atomic E-state index is 12.0. The number of anilines is 1. The Bertz CT molecular complexity index is 444. The first kappa shape index (κ1) is 14.7. The second-order valence-corrected chi connectivity index (χ2v) is 5.22. The molecule has 110 valence electrons. The number of benzene rings is 1. The maximum atomic E-state index is 12.0. The van der Waals surface area contributed by atoms with Gasteiger partial charge in [0.1, 0.15) is 5.75 Å². The molecule has 0 aromatic heterocycles. The van der Waals surface area contributed by atoms with Gasteiger partial charge in [0, 0.05) is 24.3 Å². The first-order valence-corrected chi connectivity index (χ1v) is 7.14. The minimum absolute atomic E-state index is 0.0584. The molecule has 1 atom stereocenters. The van der Waals surface area contributed by atoms with Crippen molar-refractivity contribution in [2.75, 3.05) is 19.0 Å². The van der Waals surface area contributed by atoms with E-state index in [4.69, 9.17) is 10.5 Å². The number of nitrogens with one attached hydrogen (secondary N) is 2. The number of urea groups is 1. The fourth-order valence-electron chi connectivity index (χ4n) is 2.77. The summed E-state index contributed by atoms with van der Waals surface area (Å²) in [6.07, 6.45) is 4.78. The molecule has 0 bridgehead atoms. The average Bonchev–Trinajstić information content (AvgIpc) is 2.99. The smallest absolute Gasteiger partial charge is 0.319 e. The molecular formula is C15H23N3O2. The van der Waals surface area contributed by atoms with Gasteiger partial charge in [0.2, 0.25) is 0 Å². The Morgan fingerprint density at radius 3 is 2.85 bits per heavy atom. The van der Waals surface area contributed by atoms with Crippen LogP contribution in [0.15, 0.2) is 24.3 Å². The third-order valence-corrected chi connectivity index (χ3v) is 3.87. The lowest BCUT2D eigenvalue weighted by molar-refractivity contribution is 0.243. The van der Waals surface area contributed by atoms with Crippen molar-refractivity contribution in [1.82, 2.24) is 5.32 Å². The first-order chi connectivity index (χ1) is 9.72. The van der Waals surface area contributed by atoms with Gasteiger partial charge in [0.05, 0.1) is 7.11 Å². The van der Waals surface area contributed by atoms with Gasteiger partial charge < -0.3 is 21.1 Å². The molecular weight excluding hydrogens is 254 g/mol. The first-order valence-electron chi connectivity index (χ1n) is 7.14. The van der Waals surface area contributed by atoms with Crippen molar-refractivity contribution in [3.8, 4) is 5.75 Å². The molecule has 1 saturated carbocycles. The van der Waals surface area contributed by atoms with Gasteiger partial charge in [0.15, 0.2) is 0 Å². The largest absolute Gasteiger partial charge is 0.497 e. The van der Waals surface area contributed by atoms with E-state index in [0.717, 1.165) is 12.8 Å². The SMILES string of the molecule is COc1cccc(NC(=O)NC(CN)C2CCCC2)c1. The highest BCUT2D eigenvalue weighted by molar-refractivity contribution is 5.89. The van der Waals surface area contributed by atoms with Crippen LogP contribution in [0.5, 0.6) is 5.75 Å². The van der Waals surface area contributed by atoms with Crippen LogP contribution in [0.3, 0.4) is 0 Å². The molecule has 1 aliphatic rings. The second kappa shape index (κ2) is 7.14. The van der Waals surface area contributed by atoms with E-state index in [1.54, 1.807) is 13.2 Å². The lowest BCUT2D eigenvalue weighted by Crippen LogP contribution is -2.46. The predicted molar refractivity (Wildman–Crippen MR) is 79.9 cm³/mol. The van der Waals surface area contributed by atoms with Crippen molar-refractivity contribution in [2.45, 2.75) is 31.7 Å². The second-order valence-electron chi connectivity index (χ2n) is 5.22. The Morgan fingerprint density at radius 1 is 1.45 bits per heavy atom. The van der Waals surface area contributed by atoms with Crippen LogP contribution in [0, 0.1) is 5.92 Å². The molecule has 5 heteroatoms. The molecule has 1 aromatic rings. The lowest BCUT2D eigenvalue weighted by atomic mass is 9.98. The summed E-state index contributed by atoms with van der Waals surface area (Å²) in [4.78, 5) is 12.0. The molecule has 2 amide bonds. The molecule has 1 aromatic carbocycles. The van der Waals surface area contributed by atoms with E-state index in [2.05, 4.69) is 10.6 Å². The molecule has 1 fully saturated rings. The van der Waals surface area contributed by atoms with Crippen molar-refractivity contribution in [3.05, 3.63) is 24.3 Å². The average molecular weight is 277 g/mol. The van der Waals surface area contributed by atoms with E-state index >= 15 is 0 Å². The lowest BCUT2D eigenvalue weighted by Gasteiger charge is -2.23. The summed E-state index contributed by atoms with van der Waals surface area (Å²) in [5.41, 5.74) is 6.49. The number of ether oxygens (including phenoxy) is 1. The van der Waals surface area contributed by atoms with Crippen molar-refractivity contribution in [2.24, 2.45) is 11.7 Å². The zero-order chi connectivity index (χ0) is 14.4. The number of methoxy groups -OCH3 is 1. The number of carbonyl (C=O) groups is 1. The van der Waals surface area contributed by atoms with Gasteiger partial charge in [-0.05, 0) is 30.9 Å². The van der Waals surface area contributed by atoms with Crippen LogP contribution in [-0.2, 0) is 0 Å². The Morgan fingerprint density at radius 2 is 2.20 bits per heavy atom. The summed E-state index contributed by atoms with van der Waals surface area (Å²) in [5.74, 6) is 1.23. The third kappa shape index (κ3) is 3.87. The van der Waals surface area contributed by atoms with E-state index in [-0.39, 0.29) is 12.1 Å². The van der Waals surface area contributed by atoms with Gasteiger partial charge in [-0.2, -0.15) is 0 Å². The fraction of sp³-hybridized carbons (Fsp3) is 0.533. The highest BCUT2D eigenvalue weighted by atomic mass is 16.5. The standard InChI is InChI=1S/C15H23N3O2/c1-20-13-8-4-7-12(9-13)17-15(19)18-14(10-16)11-5-2-3-6-11/h4,7-9,11,14H,2-3,5-6,10,16H2,1H3,(H2,17,18,19). The normalized spacial score (nSPS) is 16.7. The Hall–Kier alpha value is -1.75. The van der Waals surface area contributed by atoms with Crippen LogP contribution in [0.1, 0.15) is 25.7 Å². The van der Waals surface area contributed by atoms with Gasteiger partial charge in [-0.3, -0.25) is 0 Å². The van der Waals surface area contributed by atoms with Crippen LogP contribution in [0.2, 0.25) is 0 Å². The van der Waals surface area contributed by atoms with E-state index in [1.165, 1.54) is 12.8 Å². The molecule has 0 aliphatic heterocycles. The van der Waals surface area contributed by atoms with Crippen molar-refractivity contribution < 1.29 is 9.53 Å². The van der Waals surface area contributed by atoms with Gasteiger partial charge in [-0.15, -0.1) is 0 Å². The zero-order valence-electron chi connectivity index (χ0n) is 11.9. The number of nitrogens with two attached hydrogens (primary N) is 1.